The summed E-state index contributed by atoms with van der Waals surface area (Å²) in [5.41, 5.74) is -0.370. The van der Waals surface area contributed by atoms with Crippen LogP contribution in [0.3, 0.4) is 0 Å². The highest BCUT2D eigenvalue weighted by Crippen LogP contribution is 2.34. The molecule has 0 amide bonds. The Kier molecular flexibility index (Phi) is 8.28. The van der Waals surface area contributed by atoms with Crippen LogP contribution in [0.15, 0.2) is 53.1 Å². The number of aliphatic carboxylic acids is 1. The normalized spacial score (nSPS) is 14.6. The maximum Gasteiger partial charge on any atom is 0.416 e. The van der Waals surface area contributed by atoms with Gasteiger partial charge in [0.15, 0.2) is 5.60 Å². The summed E-state index contributed by atoms with van der Waals surface area (Å²) in [6.45, 7) is 3.85. The van der Waals surface area contributed by atoms with Gasteiger partial charge in [0.25, 0.3) is 5.95 Å². The molecular weight excluding hydrogens is 499 g/mol. The third-order valence-corrected chi connectivity index (χ3v) is 6.75. The molecule has 0 radical (unpaired) electrons. The maximum absolute atomic E-state index is 13.0. The highest BCUT2D eigenvalue weighted by atomic mass is 19.4. The molecule has 0 bridgehead atoms. The molecule has 0 atom stereocenters. The van der Waals surface area contributed by atoms with E-state index in [2.05, 4.69) is 10.1 Å². The fourth-order valence-corrected chi connectivity index (χ4v) is 4.54. The van der Waals surface area contributed by atoms with E-state index in [1.165, 1.54) is 26.0 Å². The molecule has 1 N–H and O–H groups in total. The summed E-state index contributed by atoms with van der Waals surface area (Å²) in [5.74, 6) is 0.699. The lowest BCUT2D eigenvalue weighted by atomic mass is 10.1. The zero-order chi connectivity index (χ0) is 27.3. The number of carboxylic acid groups (broad SMARTS) is 1. The average Bonchev–Trinajstić information content (AvgIpc) is 3.55. The molecule has 1 fully saturated rings. The summed E-state index contributed by atoms with van der Waals surface area (Å²) >= 11 is 0. The zero-order valence-corrected chi connectivity index (χ0v) is 21.5. The minimum Gasteiger partial charge on any atom is -0.478 e. The third-order valence-electron chi connectivity index (χ3n) is 6.75. The van der Waals surface area contributed by atoms with E-state index in [1.807, 2.05) is 23.1 Å². The van der Waals surface area contributed by atoms with E-state index in [4.69, 9.17) is 9.26 Å². The lowest BCUT2D eigenvalue weighted by Crippen LogP contribution is -2.37. The zero-order valence-electron chi connectivity index (χ0n) is 21.5. The lowest BCUT2D eigenvalue weighted by Gasteiger charge is -2.22. The average molecular weight is 532 g/mol. The number of carboxylic acids is 1. The molecule has 1 heterocycles. The fourth-order valence-electron chi connectivity index (χ4n) is 4.54. The van der Waals surface area contributed by atoms with E-state index < -0.39 is 23.3 Å². The number of hydrogen-bond donors (Lipinski definition) is 1. The third kappa shape index (κ3) is 7.05. The van der Waals surface area contributed by atoms with Crippen LogP contribution in [0.1, 0.15) is 74.5 Å². The van der Waals surface area contributed by atoms with Crippen molar-refractivity contribution in [3.63, 3.8) is 0 Å². The second kappa shape index (κ2) is 11.4. The Balaban J connectivity index is 1.45. The van der Waals surface area contributed by atoms with Crippen molar-refractivity contribution in [1.29, 1.82) is 0 Å². The molecule has 2 aromatic carbocycles. The number of aromatic nitrogens is 2. The molecule has 10 heteroatoms. The quantitative estimate of drug-likeness (QED) is 0.297. The molecule has 3 aromatic rings. The fraction of sp³-hybridized carbons (Fsp3) is 0.464. The Labute approximate surface area is 219 Å². The Hall–Kier alpha value is -3.56. The topological polar surface area (TPSA) is 88.7 Å². The number of carbonyl (C=O) groups is 1. The lowest BCUT2D eigenvalue weighted by molar-refractivity contribution is -0.152. The second-order valence-electron chi connectivity index (χ2n) is 10.2. The number of ether oxygens (including phenoxy) is 1. The maximum atomic E-state index is 13.0. The number of nitrogens with zero attached hydrogens (tertiary/aromatic N) is 3. The van der Waals surface area contributed by atoms with E-state index in [1.54, 1.807) is 6.07 Å². The molecule has 1 aliphatic carbocycles. The molecule has 1 aliphatic rings. The number of benzene rings is 2. The van der Waals surface area contributed by atoms with Crippen molar-refractivity contribution in [3.8, 4) is 5.75 Å². The van der Waals surface area contributed by atoms with Crippen LogP contribution in [-0.2, 0) is 23.9 Å². The second-order valence-corrected chi connectivity index (χ2v) is 10.2. The minimum atomic E-state index is -4.39. The molecule has 7 nitrogen and oxygen atoms in total. The standard InChI is InChI=1S/C28H32F3N3O4/c1-27(2,25(35)36)37-23-11-5-7-19(17-23)8-6-16-34(18-20-12-14-22(15-13-20)28(29,30)31)26-32-24(38-33-26)21-9-3-4-10-21/h5,7,11-15,17,21H,3-4,6,8-10,16,18H2,1-2H3,(H,35,36). The Bertz CT molecular complexity index is 1220. The number of aryl methyl sites for hydroxylation is 1. The van der Waals surface area contributed by atoms with Crippen LogP contribution < -0.4 is 9.64 Å². The van der Waals surface area contributed by atoms with Crippen molar-refractivity contribution in [2.24, 2.45) is 0 Å². The minimum absolute atomic E-state index is 0.252. The molecule has 38 heavy (non-hydrogen) atoms. The van der Waals surface area contributed by atoms with Crippen LogP contribution in [0.2, 0.25) is 0 Å². The van der Waals surface area contributed by atoms with Gasteiger partial charge in [-0.25, -0.2) is 4.79 Å². The Morgan fingerprint density at radius 2 is 1.82 bits per heavy atom. The van der Waals surface area contributed by atoms with Crippen LogP contribution in [0.5, 0.6) is 5.75 Å². The summed E-state index contributed by atoms with van der Waals surface area (Å²) in [6, 6.07) is 12.4. The van der Waals surface area contributed by atoms with Gasteiger partial charge in [-0.2, -0.15) is 18.2 Å². The number of rotatable bonds is 11. The summed E-state index contributed by atoms with van der Waals surface area (Å²) in [6.07, 6.45) is 1.25. The molecular formula is C28H32F3N3O4. The van der Waals surface area contributed by atoms with Gasteiger partial charge in [0.1, 0.15) is 5.75 Å². The Morgan fingerprint density at radius 3 is 2.47 bits per heavy atom. The van der Waals surface area contributed by atoms with Crippen molar-refractivity contribution in [2.75, 3.05) is 11.4 Å². The van der Waals surface area contributed by atoms with E-state index in [9.17, 15) is 23.1 Å². The van der Waals surface area contributed by atoms with Crippen molar-refractivity contribution < 1.29 is 32.3 Å². The molecule has 204 valence electrons. The monoisotopic (exact) mass is 531 g/mol. The van der Waals surface area contributed by atoms with Gasteiger partial charge in [-0.1, -0.05) is 37.1 Å². The van der Waals surface area contributed by atoms with Gasteiger partial charge < -0.3 is 19.3 Å². The molecule has 0 aliphatic heterocycles. The van der Waals surface area contributed by atoms with Gasteiger partial charge in [0.05, 0.1) is 5.56 Å². The molecule has 4 rings (SSSR count). The summed E-state index contributed by atoms with van der Waals surface area (Å²) in [5, 5.41) is 13.5. The van der Waals surface area contributed by atoms with E-state index in [0.29, 0.717) is 49.1 Å². The first kappa shape index (κ1) is 27.5. The molecule has 0 unspecified atom stereocenters. The van der Waals surface area contributed by atoms with Crippen molar-refractivity contribution in [1.82, 2.24) is 10.1 Å². The van der Waals surface area contributed by atoms with Gasteiger partial charge in [-0.15, -0.1) is 0 Å². The first-order valence-electron chi connectivity index (χ1n) is 12.8. The summed E-state index contributed by atoms with van der Waals surface area (Å²) in [7, 11) is 0. The largest absolute Gasteiger partial charge is 0.478 e. The number of anilines is 1. The molecule has 0 saturated heterocycles. The number of halogens is 3. The SMILES string of the molecule is CC(C)(Oc1cccc(CCCN(Cc2ccc(C(F)(F)F)cc2)c2noc(C3CCCC3)n2)c1)C(=O)O. The van der Waals surface area contributed by atoms with E-state index in [-0.39, 0.29) is 5.92 Å². The number of hydrogen-bond acceptors (Lipinski definition) is 6. The smallest absolute Gasteiger partial charge is 0.416 e. The molecule has 0 spiro atoms. The first-order valence-corrected chi connectivity index (χ1v) is 12.8. The van der Waals surface area contributed by atoms with Gasteiger partial charge in [-0.3, -0.25) is 0 Å². The van der Waals surface area contributed by atoms with Crippen LogP contribution in [0, 0.1) is 0 Å². The first-order chi connectivity index (χ1) is 18.0. The summed E-state index contributed by atoms with van der Waals surface area (Å²) in [4.78, 5) is 17.9. The van der Waals surface area contributed by atoms with Crippen molar-refractivity contribution >= 4 is 11.9 Å². The predicted octanol–water partition coefficient (Wildman–Crippen LogP) is 6.63. The van der Waals surface area contributed by atoms with Crippen LogP contribution in [-0.4, -0.2) is 33.4 Å². The van der Waals surface area contributed by atoms with Gasteiger partial charge in [0, 0.05) is 19.0 Å². The predicted molar refractivity (Wildman–Crippen MR) is 135 cm³/mol. The van der Waals surface area contributed by atoms with E-state index in [0.717, 1.165) is 43.4 Å². The number of alkyl halides is 3. The van der Waals surface area contributed by atoms with Crippen LogP contribution in [0.4, 0.5) is 19.1 Å². The van der Waals surface area contributed by atoms with E-state index >= 15 is 0 Å². The van der Waals surface area contributed by atoms with Crippen LogP contribution in [0.25, 0.3) is 0 Å². The van der Waals surface area contributed by atoms with Crippen molar-refractivity contribution in [2.45, 2.75) is 76.6 Å². The van der Waals surface area contributed by atoms with Gasteiger partial charge >= 0.3 is 12.1 Å². The Morgan fingerprint density at radius 1 is 1.11 bits per heavy atom. The summed E-state index contributed by atoms with van der Waals surface area (Å²) < 4.78 is 50.2. The van der Waals surface area contributed by atoms with Crippen molar-refractivity contribution in [3.05, 3.63) is 71.1 Å². The van der Waals surface area contributed by atoms with Gasteiger partial charge in [0.2, 0.25) is 5.89 Å². The highest BCUT2D eigenvalue weighted by molar-refractivity contribution is 5.76. The molecule has 1 aromatic heterocycles. The van der Waals surface area contributed by atoms with Crippen LogP contribution >= 0.6 is 0 Å². The van der Waals surface area contributed by atoms with Gasteiger partial charge in [-0.05, 0) is 80.1 Å². The highest BCUT2D eigenvalue weighted by Gasteiger charge is 2.31. The molecule has 1 saturated carbocycles.